The van der Waals surface area contributed by atoms with Crippen molar-refractivity contribution in [3.63, 3.8) is 0 Å². The first-order valence-corrected chi connectivity index (χ1v) is 7.53. The van der Waals surface area contributed by atoms with E-state index >= 15 is 0 Å². The van der Waals surface area contributed by atoms with Crippen LogP contribution >= 0.6 is 12.2 Å². The zero-order valence-electron chi connectivity index (χ0n) is 12.8. The predicted octanol–water partition coefficient (Wildman–Crippen LogP) is 2.20. The molecule has 0 radical (unpaired) electrons. The maximum absolute atomic E-state index is 12.2. The van der Waals surface area contributed by atoms with Gasteiger partial charge in [0.05, 0.1) is 18.3 Å². The van der Waals surface area contributed by atoms with E-state index in [0.717, 1.165) is 10.9 Å². The molecule has 24 heavy (non-hydrogen) atoms. The van der Waals surface area contributed by atoms with E-state index in [2.05, 4.69) is 26.4 Å². The average Bonchev–Trinajstić information content (AvgIpc) is 3.04. The Morgan fingerprint density at radius 1 is 1.12 bits per heavy atom. The molecule has 0 aliphatic heterocycles. The summed E-state index contributed by atoms with van der Waals surface area (Å²) < 4.78 is 5.23. The third kappa shape index (κ3) is 3.28. The number of fused-ring (bicyclic) bond motifs is 1. The fourth-order valence-electron chi connectivity index (χ4n) is 2.21. The standard InChI is InChI=1S/C16H15N5O2S/c1-23-13-9-5-4-8-12(13)17-16(24)21-20-15(22)14-10-6-2-3-7-11(10)18-19-14/h2-9H,1H3,(H,18,19)(H,20,22)(H2,17,21,24). The van der Waals surface area contributed by atoms with Crippen LogP contribution in [0.25, 0.3) is 10.9 Å². The van der Waals surface area contributed by atoms with Crippen molar-refractivity contribution in [3.05, 3.63) is 54.2 Å². The Morgan fingerprint density at radius 3 is 2.71 bits per heavy atom. The molecule has 0 unspecified atom stereocenters. The molecule has 7 nitrogen and oxygen atoms in total. The minimum Gasteiger partial charge on any atom is -0.495 e. The summed E-state index contributed by atoms with van der Waals surface area (Å²) in [7, 11) is 1.57. The first-order chi connectivity index (χ1) is 11.7. The van der Waals surface area contributed by atoms with Gasteiger partial charge in [0.2, 0.25) is 0 Å². The number of anilines is 1. The van der Waals surface area contributed by atoms with E-state index in [1.807, 2.05) is 42.5 Å². The number of carbonyl (C=O) groups excluding carboxylic acids is 1. The van der Waals surface area contributed by atoms with Gasteiger partial charge in [-0.1, -0.05) is 30.3 Å². The third-order valence-electron chi connectivity index (χ3n) is 3.33. The second-order valence-electron chi connectivity index (χ2n) is 4.85. The summed E-state index contributed by atoms with van der Waals surface area (Å²) in [6, 6.07) is 14.7. The number of amides is 1. The van der Waals surface area contributed by atoms with Gasteiger partial charge >= 0.3 is 0 Å². The zero-order chi connectivity index (χ0) is 16.9. The molecular weight excluding hydrogens is 326 g/mol. The fourth-order valence-corrected chi connectivity index (χ4v) is 2.37. The van der Waals surface area contributed by atoms with Crippen molar-refractivity contribution in [1.82, 2.24) is 21.0 Å². The molecule has 1 heterocycles. The molecule has 0 atom stereocenters. The van der Waals surface area contributed by atoms with Crippen molar-refractivity contribution < 1.29 is 9.53 Å². The lowest BCUT2D eigenvalue weighted by molar-refractivity contribution is 0.0940. The first-order valence-electron chi connectivity index (χ1n) is 7.12. The second kappa shape index (κ2) is 6.97. The van der Waals surface area contributed by atoms with Crippen LogP contribution in [0.3, 0.4) is 0 Å². The number of ether oxygens (including phenoxy) is 1. The van der Waals surface area contributed by atoms with Crippen LogP contribution in [0.4, 0.5) is 5.69 Å². The number of aromatic amines is 1. The molecule has 3 rings (SSSR count). The molecule has 8 heteroatoms. The molecule has 1 amide bonds. The lowest BCUT2D eigenvalue weighted by Gasteiger charge is -2.13. The predicted molar refractivity (Wildman–Crippen MR) is 95.9 cm³/mol. The Balaban J connectivity index is 1.63. The largest absolute Gasteiger partial charge is 0.495 e. The van der Waals surface area contributed by atoms with Crippen LogP contribution in [0.2, 0.25) is 0 Å². The van der Waals surface area contributed by atoms with Crippen LogP contribution in [-0.4, -0.2) is 28.3 Å². The number of H-pyrrole nitrogens is 1. The fraction of sp³-hybridized carbons (Fsp3) is 0.0625. The van der Waals surface area contributed by atoms with Gasteiger partial charge in [-0.2, -0.15) is 5.10 Å². The molecule has 122 valence electrons. The number of carbonyl (C=O) groups is 1. The Bertz CT molecular complexity index is 893. The molecule has 2 aromatic carbocycles. The first kappa shape index (κ1) is 15.8. The van der Waals surface area contributed by atoms with Gasteiger partial charge in [-0.05, 0) is 30.4 Å². The van der Waals surface area contributed by atoms with E-state index in [4.69, 9.17) is 17.0 Å². The van der Waals surface area contributed by atoms with Crippen molar-refractivity contribution in [3.8, 4) is 5.75 Å². The van der Waals surface area contributed by atoms with Crippen LogP contribution in [0.15, 0.2) is 48.5 Å². The van der Waals surface area contributed by atoms with E-state index in [9.17, 15) is 4.79 Å². The summed E-state index contributed by atoms with van der Waals surface area (Å²) in [4.78, 5) is 12.2. The highest BCUT2D eigenvalue weighted by Crippen LogP contribution is 2.22. The van der Waals surface area contributed by atoms with Crippen molar-refractivity contribution in [2.24, 2.45) is 0 Å². The summed E-state index contributed by atoms with van der Waals surface area (Å²) >= 11 is 5.17. The summed E-state index contributed by atoms with van der Waals surface area (Å²) in [5, 5.41) is 10.7. The Morgan fingerprint density at radius 2 is 1.88 bits per heavy atom. The van der Waals surface area contributed by atoms with Gasteiger partial charge in [0.1, 0.15) is 5.75 Å². The van der Waals surface area contributed by atoms with Gasteiger partial charge < -0.3 is 10.1 Å². The van der Waals surface area contributed by atoms with E-state index < -0.39 is 5.91 Å². The molecule has 1 aromatic heterocycles. The van der Waals surface area contributed by atoms with E-state index in [1.54, 1.807) is 13.2 Å². The average molecular weight is 341 g/mol. The third-order valence-corrected chi connectivity index (χ3v) is 3.53. The monoisotopic (exact) mass is 341 g/mol. The number of thiocarbonyl (C=S) groups is 1. The lowest BCUT2D eigenvalue weighted by atomic mass is 10.2. The van der Waals surface area contributed by atoms with Crippen LogP contribution in [0.1, 0.15) is 10.5 Å². The van der Waals surface area contributed by atoms with E-state index in [-0.39, 0.29) is 10.8 Å². The summed E-state index contributed by atoms with van der Waals surface area (Å²) in [6.07, 6.45) is 0. The number of nitrogens with zero attached hydrogens (tertiary/aromatic N) is 1. The van der Waals surface area contributed by atoms with Crippen molar-refractivity contribution in [1.29, 1.82) is 0 Å². The molecule has 0 fully saturated rings. The smallest absolute Gasteiger partial charge is 0.290 e. The highest BCUT2D eigenvalue weighted by atomic mass is 32.1. The van der Waals surface area contributed by atoms with Gasteiger partial charge in [-0.15, -0.1) is 0 Å². The zero-order valence-corrected chi connectivity index (χ0v) is 13.6. The Labute approximate surface area is 143 Å². The van der Waals surface area contributed by atoms with Gasteiger partial charge in [-0.25, -0.2) is 0 Å². The normalized spacial score (nSPS) is 10.2. The number of hydrogen-bond acceptors (Lipinski definition) is 4. The topological polar surface area (TPSA) is 91.1 Å². The molecule has 0 saturated heterocycles. The molecule has 4 N–H and O–H groups in total. The van der Waals surface area contributed by atoms with Crippen LogP contribution in [-0.2, 0) is 0 Å². The number of aromatic nitrogens is 2. The summed E-state index contributed by atoms with van der Waals surface area (Å²) in [5.74, 6) is 0.253. The van der Waals surface area contributed by atoms with Crippen molar-refractivity contribution in [2.75, 3.05) is 12.4 Å². The van der Waals surface area contributed by atoms with Crippen molar-refractivity contribution in [2.45, 2.75) is 0 Å². The van der Waals surface area contributed by atoms with Crippen LogP contribution < -0.4 is 20.9 Å². The summed E-state index contributed by atoms with van der Waals surface area (Å²) in [6.45, 7) is 0. The number of rotatable bonds is 3. The number of hydrogen-bond donors (Lipinski definition) is 4. The maximum atomic E-state index is 12.2. The SMILES string of the molecule is COc1ccccc1NC(=S)NNC(=O)c1n[nH]c2ccccc12. The van der Waals surface area contributed by atoms with Gasteiger partial charge in [0.15, 0.2) is 10.8 Å². The molecule has 0 saturated carbocycles. The molecular formula is C16H15N5O2S. The van der Waals surface area contributed by atoms with E-state index in [1.165, 1.54) is 0 Å². The van der Waals surface area contributed by atoms with Crippen LogP contribution in [0, 0.1) is 0 Å². The van der Waals surface area contributed by atoms with Gasteiger partial charge in [-0.3, -0.25) is 20.7 Å². The number of methoxy groups -OCH3 is 1. The van der Waals surface area contributed by atoms with Gasteiger partial charge in [0.25, 0.3) is 5.91 Å². The minimum atomic E-state index is -0.392. The lowest BCUT2D eigenvalue weighted by Crippen LogP contribution is -2.44. The number of para-hydroxylation sites is 3. The number of nitrogens with one attached hydrogen (secondary N) is 4. The van der Waals surface area contributed by atoms with Crippen LogP contribution in [0.5, 0.6) is 5.75 Å². The molecule has 0 spiro atoms. The molecule has 3 aromatic rings. The van der Waals surface area contributed by atoms with Gasteiger partial charge in [0, 0.05) is 5.39 Å². The molecule has 0 bridgehead atoms. The molecule has 0 aliphatic rings. The number of hydrazine groups is 1. The minimum absolute atomic E-state index is 0.229. The van der Waals surface area contributed by atoms with Crippen molar-refractivity contribution >= 4 is 39.8 Å². The Hall–Kier alpha value is -3.13. The highest BCUT2D eigenvalue weighted by Gasteiger charge is 2.14. The summed E-state index contributed by atoms with van der Waals surface area (Å²) in [5.41, 5.74) is 6.94. The maximum Gasteiger partial charge on any atom is 0.290 e. The Kier molecular flexibility index (Phi) is 4.57. The molecule has 0 aliphatic carbocycles. The highest BCUT2D eigenvalue weighted by molar-refractivity contribution is 7.80. The quantitative estimate of drug-likeness (QED) is 0.431. The van der Waals surface area contributed by atoms with E-state index in [0.29, 0.717) is 11.4 Å². The number of benzene rings is 2. The second-order valence-corrected chi connectivity index (χ2v) is 5.26.